The van der Waals surface area contributed by atoms with Gasteiger partial charge in [0.15, 0.2) is 9.84 Å². The molecule has 5 nitrogen and oxygen atoms in total. The van der Waals surface area contributed by atoms with Crippen molar-refractivity contribution in [1.29, 1.82) is 0 Å². The van der Waals surface area contributed by atoms with Crippen LogP contribution in [0.1, 0.15) is 20.6 Å². The molecule has 0 aliphatic heterocycles. The molecular weight excluding hydrogens is 412 g/mol. The lowest BCUT2D eigenvalue weighted by atomic mass is 10.1. The van der Waals surface area contributed by atoms with E-state index >= 15 is 0 Å². The zero-order chi connectivity index (χ0) is 18.9. The maximum atomic E-state index is 12.3. The van der Waals surface area contributed by atoms with Crippen LogP contribution in [0.25, 0.3) is 10.4 Å². The topological polar surface area (TPSA) is 80.2 Å². The van der Waals surface area contributed by atoms with Crippen molar-refractivity contribution in [1.82, 2.24) is 9.97 Å². The summed E-state index contributed by atoms with van der Waals surface area (Å²) in [6, 6.07) is 4.92. The summed E-state index contributed by atoms with van der Waals surface area (Å²) < 4.78 is 24.6. The summed E-state index contributed by atoms with van der Waals surface area (Å²) in [5, 5.41) is 11.1. The van der Waals surface area contributed by atoms with Gasteiger partial charge in [-0.15, -0.1) is 22.7 Å². The number of halogens is 1. The second-order valence-electron chi connectivity index (χ2n) is 5.75. The molecule has 2 heterocycles. The van der Waals surface area contributed by atoms with Gasteiger partial charge in [0, 0.05) is 11.1 Å². The van der Waals surface area contributed by atoms with Gasteiger partial charge in [0.2, 0.25) is 0 Å². The second-order valence-corrected chi connectivity index (χ2v) is 10.6. The van der Waals surface area contributed by atoms with E-state index in [0.29, 0.717) is 6.42 Å². The predicted octanol–water partition coefficient (Wildman–Crippen LogP) is 3.89. The van der Waals surface area contributed by atoms with Crippen LogP contribution in [0.15, 0.2) is 29.3 Å². The number of aliphatic hydroxyl groups is 1. The zero-order valence-electron chi connectivity index (χ0n) is 14.2. The van der Waals surface area contributed by atoms with Gasteiger partial charge in [0.1, 0.15) is 5.01 Å². The summed E-state index contributed by atoms with van der Waals surface area (Å²) in [4.78, 5) is 11.1. The molecule has 0 radical (unpaired) electrons. The zero-order valence-corrected chi connectivity index (χ0v) is 17.4. The lowest BCUT2D eigenvalue weighted by Gasteiger charge is -2.07. The van der Waals surface area contributed by atoms with Gasteiger partial charge in [-0.25, -0.2) is 18.4 Å². The maximum absolute atomic E-state index is 12.3. The van der Waals surface area contributed by atoms with Crippen LogP contribution < -0.4 is 0 Å². The fourth-order valence-electron chi connectivity index (χ4n) is 2.52. The van der Waals surface area contributed by atoms with Crippen LogP contribution in [0.3, 0.4) is 0 Å². The molecule has 0 fully saturated rings. The minimum Gasteiger partial charge on any atom is -0.395 e. The van der Waals surface area contributed by atoms with Crippen molar-refractivity contribution in [3.63, 3.8) is 0 Å². The van der Waals surface area contributed by atoms with Gasteiger partial charge in [-0.2, -0.15) is 0 Å². The first-order valence-corrected chi connectivity index (χ1v) is 11.5. The van der Waals surface area contributed by atoms with E-state index < -0.39 is 16.4 Å². The summed E-state index contributed by atoms with van der Waals surface area (Å²) in [6.45, 7) is 3.47. The molecular formula is C17H17ClN2O3S3. The quantitative estimate of drug-likeness (QED) is 0.644. The molecule has 1 aromatic carbocycles. The normalized spacial score (nSPS) is 11.8. The van der Waals surface area contributed by atoms with E-state index in [0.717, 1.165) is 31.0 Å². The van der Waals surface area contributed by atoms with Gasteiger partial charge in [-0.05, 0) is 31.5 Å². The predicted molar refractivity (Wildman–Crippen MR) is 106 cm³/mol. The Morgan fingerprint density at radius 2 is 1.96 bits per heavy atom. The van der Waals surface area contributed by atoms with E-state index in [1.807, 2.05) is 20.0 Å². The van der Waals surface area contributed by atoms with E-state index in [9.17, 15) is 8.42 Å². The molecule has 0 aliphatic carbocycles. The Hall–Kier alpha value is -1.32. The minimum atomic E-state index is -3.63. The fraction of sp³-hybridized carbons (Fsp3) is 0.294. The fourth-order valence-corrected chi connectivity index (χ4v) is 6.07. The van der Waals surface area contributed by atoms with Gasteiger partial charge in [-0.3, -0.25) is 0 Å². The molecule has 26 heavy (non-hydrogen) atoms. The summed E-state index contributed by atoms with van der Waals surface area (Å²) >= 11 is 9.24. The summed E-state index contributed by atoms with van der Waals surface area (Å²) in [6.07, 6.45) is 2.51. The smallest absolute Gasteiger partial charge is 0.182 e. The third-order valence-corrected chi connectivity index (χ3v) is 7.99. The Bertz CT molecular complexity index is 1040. The molecule has 1 N–H and O–H groups in total. The molecule has 9 heteroatoms. The van der Waals surface area contributed by atoms with Gasteiger partial charge in [-0.1, -0.05) is 17.7 Å². The van der Waals surface area contributed by atoms with Crippen LogP contribution in [-0.4, -0.2) is 35.9 Å². The van der Waals surface area contributed by atoms with Crippen LogP contribution in [0.4, 0.5) is 0 Å². The number of aromatic nitrogens is 2. The molecule has 0 spiro atoms. The van der Waals surface area contributed by atoms with Crippen molar-refractivity contribution in [2.24, 2.45) is 0 Å². The number of sulfone groups is 1. The molecule has 3 aromatic rings. The molecule has 0 aliphatic rings. The van der Waals surface area contributed by atoms with Crippen molar-refractivity contribution in [3.05, 3.63) is 50.0 Å². The standard InChI is InChI=1S/C17H17ClN2O3S3/c1-10-9-19-15(24-10)8-16-20-11(2)17(25-16)12-3-4-13(18)14(7-12)26(22,23)6-5-21/h3-4,7,9,21H,5-6,8H2,1-2H3. The Morgan fingerprint density at radius 1 is 1.19 bits per heavy atom. The first kappa shape index (κ1) is 19.4. The van der Waals surface area contributed by atoms with Crippen molar-refractivity contribution >= 4 is 44.1 Å². The van der Waals surface area contributed by atoms with Crippen molar-refractivity contribution in [2.45, 2.75) is 25.2 Å². The molecule has 3 rings (SSSR count). The van der Waals surface area contributed by atoms with Crippen molar-refractivity contribution in [2.75, 3.05) is 12.4 Å². The van der Waals surface area contributed by atoms with Gasteiger partial charge in [0.05, 0.1) is 44.3 Å². The first-order chi connectivity index (χ1) is 12.3. The number of aryl methyl sites for hydroxylation is 2. The Kier molecular flexibility index (Phi) is 5.78. The molecule has 0 saturated heterocycles. The van der Waals surface area contributed by atoms with Gasteiger partial charge in [0.25, 0.3) is 0 Å². The Morgan fingerprint density at radius 3 is 2.62 bits per heavy atom. The number of aliphatic hydroxyl groups excluding tert-OH is 1. The molecule has 138 valence electrons. The van der Waals surface area contributed by atoms with Crippen LogP contribution in [0, 0.1) is 13.8 Å². The van der Waals surface area contributed by atoms with Gasteiger partial charge < -0.3 is 5.11 Å². The number of nitrogens with zero attached hydrogens (tertiary/aromatic N) is 2. The summed E-state index contributed by atoms with van der Waals surface area (Å²) in [7, 11) is -3.63. The van der Waals surface area contributed by atoms with Crippen molar-refractivity contribution in [3.8, 4) is 10.4 Å². The molecule has 0 atom stereocenters. The highest BCUT2D eigenvalue weighted by atomic mass is 35.5. The second kappa shape index (κ2) is 7.74. The average molecular weight is 429 g/mol. The SMILES string of the molecule is Cc1cnc(Cc2nc(C)c(-c3ccc(Cl)c(S(=O)(=O)CCO)c3)s2)s1. The maximum Gasteiger partial charge on any atom is 0.182 e. The molecule has 0 bridgehead atoms. The monoisotopic (exact) mass is 428 g/mol. The number of benzene rings is 1. The van der Waals surface area contributed by atoms with Crippen LogP contribution in [0.2, 0.25) is 5.02 Å². The minimum absolute atomic E-state index is 0.0376. The largest absolute Gasteiger partial charge is 0.395 e. The van der Waals surface area contributed by atoms with E-state index in [1.54, 1.807) is 29.5 Å². The first-order valence-electron chi connectivity index (χ1n) is 7.81. The third-order valence-electron chi connectivity index (χ3n) is 3.70. The Labute approximate surface area is 165 Å². The third kappa shape index (κ3) is 4.15. The highest BCUT2D eigenvalue weighted by molar-refractivity contribution is 7.91. The van der Waals surface area contributed by atoms with E-state index in [4.69, 9.17) is 16.7 Å². The summed E-state index contributed by atoms with van der Waals surface area (Å²) in [5.74, 6) is -0.355. The number of hydrogen-bond donors (Lipinski definition) is 1. The molecule has 0 amide bonds. The lowest BCUT2D eigenvalue weighted by Crippen LogP contribution is -2.10. The highest BCUT2D eigenvalue weighted by Gasteiger charge is 2.20. The van der Waals surface area contributed by atoms with Crippen molar-refractivity contribution < 1.29 is 13.5 Å². The number of thiazole rings is 2. The van der Waals surface area contributed by atoms with E-state index in [-0.39, 0.29) is 15.7 Å². The van der Waals surface area contributed by atoms with Crippen LogP contribution >= 0.6 is 34.3 Å². The van der Waals surface area contributed by atoms with Crippen LogP contribution in [-0.2, 0) is 16.3 Å². The summed E-state index contributed by atoms with van der Waals surface area (Å²) in [5.41, 5.74) is 1.59. The average Bonchev–Trinajstić information content (AvgIpc) is 3.13. The molecule has 0 unspecified atom stereocenters. The highest BCUT2D eigenvalue weighted by Crippen LogP contribution is 2.35. The molecule has 2 aromatic heterocycles. The Balaban J connectivity index is 1.97. The number of hydrogen-bond acceptors (Lipinski definition) is 7. The molecule has 0 saturated carbocycles. The lowest BCUT2D eigenvalue weighted by molar-refractivity contribution is 0.319. The number of rotatable bonds is 6. The van der Waals surface area contributed by atoms with Crippen LogP contribution in [0.5, 0.6) is 0 Å². The van der Waals surface area contributed by atoms with E-state index in [1.165, 1.54) is 11.3 Å². The van der Waals surface area contributed by atoms with E-state index in [2.05, 4.69) is 9.97 Å². The van der Waals surface area contributed by atoms with Gasteiger partial charge >= 0.3 is 0 Å².